The summed E-state index contributed by atoms with van der Waals surface area (Å²) in [5.41, 5.74) is 2.17. The minimum atomic E-state index is -3.74. The van der Waals surface area contributed by atoms with Crippen LogP contribution < -0.4 is 14.9 Å². The molecule has 154 valence electrons. The van der Waals surface area contributed by atoms with Crippen LogP contribution in [0.15, 0.2) is 53.4 Å². The Morgan fingerprint density at radius 1 is 1.00 bits per heavy atom. The quantitative estimate of drug-likeness (QED) is 0.647. The topological polar surface area (TPSA) is 95.6 Å². The molecule has 1 saturated heterocycles. The number of sulfonamides is 1. The van der Waals surface area contributed by atoms with Crippen LogP contribution in [0.5, 0.6) is 0 Å². The van der Waals surface area contributed by atoms with E-state index in [2.05, 4.69) is 14.9 Å². The van der Waals surface area contributed by atoms with E-state index in [-0.39, 0.29) is 29.6 Å². The molecule has 1 aliphatic heterocycles. The fourth-order valence-electron chi connectivity index (χ4n) is 3.28. The molecule has 0 aliphatic carbocycles. The lowest BCUT2D eigenvalue weighted by Gasteiger charge is -2.21. The van der Waals surface area contributed by atoms with E-state index in [1.54, 1.807) is 0 Å². The monoisotopic (exact) mass is 415 g/mol. The Balaban J connectivity index is 1.55. The average Bonchev–Trinajstić information content (AvgIpc) is 3.23. The van der Waals surface area contributed by atoms with Crippen molar-refractivity contribution in [3.05, 3.63) is 54.1 Å². The molecule has 1 amide bonds. The molecule has 2 aromatic rings. The molecule has 0 unspecified atom stereocenters. The van der Waals surface area contributed by atoms with Gasteiger partial charge in [0.05, 0.1) is 16.3 Å². The highest BCUT2D eigenvalue weighted by Gasteiger charge is 2.18. The molecule has 1 aliphatic rings. The number of Topliss-reactive ketones (excluding diaryl/α,β-unsaturated/α-hetero) is 1. The highest BCUT2D eigenvalue weighted by molar-refractivity contribution is 7.89. The molecule has 2 aromatic carbocycles. The maximum atomic E-state index is 12.3. The molecule has 0 radical (unpaired) electrons. The third kappa shape index (κ3) is 5.42. The number of hydrogen-bond donors (Lipinski definition) is 2. The fraction of sp³-hybridized carbons (Fsp3) is 0.333. The van der Waals surface area contributed by atoms with Crippen LogP contribution in [-0.4, -0.2) is 39.7 Å². The van der Waals surface area contributed by atoms with Gasteiger partial charge in [-0.1, -0.05) is 24.3 Å². The Morgan fingerprint density at radius 3 is 2.31 bits per heavy atom. The van der Waals surface area contributed by atoms with Crippen molar-refractivity contribution in [1.29, 1.82) is 0 Å². The van der Waals surface area contributed by atoms with Crippen LogP contribution >= 0.6 is 0 Å². The normalized spacial score (nSPS) is 14.0. The Bertz CT molecular complexity index is 981. The number of nitrogens with one attached hydrogen (secondary N) is 2. The lowest BCUT2D eigenvalue weighted by Crippen LogP contribution is -2.28. The van der Waals surface area contributed by atoms with Gasteiger partial charge in [0.15, 0.2) is 5.78 Å². The van der Waals surface area contributed by atoms with E-state index in [0.29, 0.717) is 5.56 Å². The van der Waals surface area contributed by atoms with Crippen molar-refractivity contribution in [1.82, 2.24) is 4.72 Å². The Labute approximate surface area is 171 Å². The van der Waals surface area contributed by atoms with Gasteiger partial charge in [0.1, 0.15) is 0 Å². The number of hydrogen-bond acceptors (Lipinski definition) is 5. The van der Waals surface area contributed by atoms with E-state index in [1.165, 1.54) is 31.2 Å². The lowest BCUT2D eigenvalue weighted by molar-refractivity contribution is -0.116. The zero-order valence-electron chi connectivity index (χ0n) is 16.3. The van der Waals surface area contributed by atoms with Crippen molar-refractivity contribution in [2.24, 2.45) is 0 Å². The van der Waals surface area contributed by atoms with E-state index in [4.69, 9.17) is 0 Å². The maximum absolute atomic E-state index is 12.3. The lowest BCUT2D eigenvalue weighted by atomic mass is 10.2. The smallest absolute Gasteiger partial charge is 0.240 e. The van der Waals surface area contributed by atoms with E-state index in [9.17, 15) is 18.0 Å². The van der Waals surface area contributed by atoms with Crippen LogP contribution in [0.1, 0.15) is 36.5 Å². The number of rotatable bonds is 8. The SMILES string of the molecule is CC(=O)c1ccc(S(=O)(=O)NCCC(=O)Nc2ccccc2N2CCCC2)cc1. The van der Waals surface area contributed by atoms with Gasteiger partial charge in [-0.15, -0.1) is 0 Å². The summed E-state index contributed by atoms with van der Waals surface area (Å²) >= 11 is 0. The predicted molar refractivity (Wildman–Crippen MR) is 113 cm³/mol. The standard InChI is InChI=1S/C21H25N3O4S/c1-16(25)17-8-10-18(11-9-17)29(27,28)22-13-12-21(26)23-19-6-2-3-7-20(19)24-14-4-5-15-24/h2-3,6-11,22H,4-5,12-15H2,1H3,(H,23,26). The summed E-state index contributed by atoms with van der Waals surface area (Å²) in [6.07, 6.45) is 2.29. The Morgan fingerprint density at radius 2 is 1.66 bits per heavy atom. The molecular formula is C21H25N3O4S. The van der Waals surface area contributed by atoms with Crippen molar-refractivity contribution >= 4 is 33.1 Å². The first-order valence-corrected chi connectivity index (χ1v) is 11.1. The minimum Gasteiger partial charge on any atom is -0.370 e. The van der Waals surface area contributed by atoms with Crippen molar-refractivity contribution in [2.75, 3.05) is 29.9 Å². The summed E-state index contributed by atoms with van der Waals surface area (Å²) in [7, 11) is -3.74. The molecule has 1 heterocycles. The van der Waals surface area contributed by atoms with E-state index < -0.39 is 10.0 Å². The van der Waals surface area contributed by atoms with Crippen LogP contribution in [0, 0.1) is 0 Å². The van der Waals surface area contributed by atoms with Crippen LogP contribution in [-0.2, 0) is 14.8 Å². The number of carbonyl (C=O) groups excluding carboxylic acids is 2. The van der Waals surface area contributed by atoms with Crippen LogP contribution in [0.4, 0.5) is 11.4 Å². The highest BCUT2D eigenvalue weighted by atomic mass is 32.2. The zero-order chi connectivity index (χ0) is 20.9. The second-order valence-electron chi connectivity index (χ2n) is 6.99. The Hall–Kier alpha value is -2.71. The van der Waals surface area contributed by atoms with Gasteiger partial charge in [0.25, 0.3) is 0 Å². The summed E-state index contributed by atoms with van der Waals surface area (Å²) in [4.78, 5) is 25.9. The third-order valence-electron chi connectivity index (χ3n) is 4.84. The molecule has 0 saturated carbocycles. The van der Waals surface area contributed by atoms with Gasteiger partial charge in [0.2, 0.25) is 15.9 Å². The number of anilines is 2. The van der Waals surface area contributed by atoms with Crippen molar-refractivity contribution in [2.45, 2.75) is 31.1 Å². The van der Waals surface area contributed by atoms with Crippen molar-refractivity contribution < 1.29 is 18.0 Å². The predicted octanol–water partition coefficient (Wildman–Crippen LogP) is 2.80. The molecule has 29 heavy (non-hydrogen) atoms. The Kier molecular flexibility index (Phi) is 6.66. The van der Waals surface area contributed by atoms with Crippen molar-refractivity contribution in [3.63, 3.8) is 0 Å². The fourth-order valence-corrected chi connectivity index (χ4v) is 4.31. The summed E-state index contributed by atoms with van der Waals surface area (Å²) < 4.78 is 27.1. The highest BCUT2D eigenvalue weighted by Crippen LogP contribution is 2.28. The number of amides is 1. The molecule has 8 heteroatoms. The van der Waals surface area contributed by atoms with Crippen LogP contribution in [0.2, 0.25) is 0 Å². The number of benzene rings is 2. The van der Waals surface area contributed by atoms with Gasteiger partial charge < -0.3 is 10.2 Å². The molecule has 0 bridgehead atoms. The molecule has 7 nitrogen and oxygen atoms in total. The van der Waals surface area contributed by atoms with E-state index in [1.807, 2.05) is 24.3 Å². The molecule has 0 atom stereocenters. The molecule has 1 fully saturated rings. The van der Waals surface area contributed by atoms with Gasteiger partial charge in [-0.05, 0) is 44.0 Å². The van der Waals surface area contributed by atoms with Gasteiger partial charge in [0, 0.05) is 31.6 Å². The largest absolute Gasteiger partial charge is 0.370 e. The van der Waals surface area contributed by atoms with E-state index in [0.717, 1.165) is 37.3 Å². The molecule has 2 N–H and O–H groups in total. The second-order valence-corrected chi connectivity index (χ2v) is 8.75. The summed E-state index contributed by atoms with van der Waals surface area (Å²) in [5.74, 6) is -0.390. The maximum Gasteiger partial charge on any atom is 0.240 e. The van der Waals surface area contributed by atoms with Crippen LogP contribution in [0.3, 0.4) is 0 Å². The van der Waals surface area contributed by atoms with Crippen LogP contribution in [0.25, 0.3) is 0 Å². The summed E-state index contributed by atoms with van der Waals surface area (Å²) in [6.45, 7) is 3.33. The zero-order valence-corrected chi connectivity index (χ0v) is 17.2. The van der Waals surface area contributed by atoms with Gasteiger partial charge in [-0.2, -0.15) is 0 Å². The first kappa shape index (κ1) is 21.0. The first-order chi connectivity index (χ1) is 13.9. The minimum absolute atomic E-state index is 0.0130. The van der Waals surface area contributed by atoms with E-state index >= 15 is 0 Å². The second kappa shape index (κ2) is 9.19. The molecular weight excluding hydrogens is 390 g/mol. The molecule has 0 aromatic heterocycles. The summed E-state index contributed by atoms with van der Waals surface area (Å²) in [5, 5.41) is 2.88. The number of ketones is 1. The number of para-hydroxylation sites is 2. The summed E-state index contributed by atoms with van der Waals surface area (Å²) in [6, 6.07) is 13.3. The van der Waals surface area contributed by atoms with Gasteiger partial charge in [-0.3, -0.25) is 9.59 Å². The molecule has 0 spiro atoms. The number of carbonyl (C=O) groups is 2. The van der Waals surface area contributed by atoms with Gasteiger partial charge >= 0.3 is 0 Å². The van der Waals surface area contributed by atoms with Gasteiger partial charge in [-0.25, -0.2) is 13.1 Å². The molecule has 3 rings (SSSR count). The average molecular weight is 416 g/mol. The first-order valence-electron chi connectivity index (χ1n) is 9.61. The van der Waals surface area contributed by atoms with Crippen molar-refractivity contribution in [3.8, 4) is 0 Å². The number of nitrogens with zero attached hydrogens (tertiary/aromatic N) is 1. The third-order valence-corrected chi connectivity index (χ3v) is 6.32.